The molecule has 1 aliphatic heterocycles. The number of halogens is 1. The molecule has 1 amide bonds. The third-order valence-corrected chi connectivity index (χ3v) is 6.85. The van der Waals surface area contributed by atoms with E-state index in [0.717, 1.165) is 5.56 Å². The Hall–Kier alpha value is -3.43. The highest BCUT2D eigenvalue weighted by molar-refractivity contribution is 7.15. The van der Waals surface area contributed by atoms with Gasteiger partial charge in [-0.15, -0.1) is 10.2 Å². The first-order chi connectivity index (χ1) is 15.8. The number of aryl methyl sites for hydroxylation is 2. The number of benzene rings is 2. The number of methoxy groups -OCH3 is 2. The van der Waals surface area contributed by atoms with Gasteiger partial charge in [-0.2, -0.15) is 0 Å². The lowest BCUT2D eigenvalue weighted by atomic mass is 9.97. The van der Waals surface area contributed by atoms with E-state index in [1.807, 2.05) is 0 Å². The van der Waals surface area contributed by atoms with Crippen LogP contribution < -0.4 is 19.8 Å². The lowest BCUT2D eigenvalue weighted by Crippen LogP contribution is -2.29. The predicted molar refractivity (Wildman–Crippen MR) is 125 cm³/mol. The monoisotopic (exact) mass is 483 g/mol. The SMILES string of the molecule is COc1cccc(C2c3c(oc4cc(C)c(Cl)cc4c3=O)C(=O)N2c2nnc(C)s2)c1OC. The minimum atomic E-state index is -0.856. The zero-order valence-corrected chi connectivity index (χ0v) is 19.7. The van der Waals surface area contributed by atoms with Crippen molar-refractivity contribution in [3.05, 3.63) is 73.0 Å². The number of aromatic nitrogens is 2. The summed E-state index contributed by atoms with van der Waals surface area (Å²) in [5.74, 6) is 0.339. The molecule has 0 bridgehead atoms. The average Bonchev–Trinajstić information content (AvgIpc) is 3.35. The summed E-state index contributed by atoms with van der Waals surface area (Å²) in [5, 5.41) is 9.97. The Balaban J connectivity index is 1.87. The molecule has 0 spiro atoms. The van der Waals surface area contributed by atoms with Crippen molar-refractivity contribution in [2.75, 3.05) is 19.1 Å². The third kappa shape index (κ3) is 3.19. The molecule has 8 nitrogen and oxygen atoms in total. The van der Waals surface area contributed by atoms with Crippen LogP contribution in [0.2, 0.25) is 5.02 Å². The summed E-state index contributed by atoms with van der Waals surface area (Å²) in [5.41, 5.74) is 1.43. The number of hydrogen-bond donors (Lipinski definition) is 0. The number of amides is 1. The van der Waals surface area contributed by atoms with Crippen LogP contribution in [0.5, 0.6) is 11.5 Å². The van der Waals surface area contributed by atoms with Gasteiger partial charge in [0, 0.05) is 10.6 Å². The van der Waals surface area contributed by atoms with E-state index < -0.39 is 11.9 Å². The summed E-state index contributed by atoms with van der Waals surface area (Å²) < 4.78 is 17.1. The molecule has 2 aromatic carbocycles. The van der Waals surface area contributed by atoms with Crippen LogP contribution in [0.3, 0.4) is 0 Å². The van der Waals surface area contributed by atoms with Crippen molar-refractivity contribution < 1.29 is 18.7 Å². The van der Waals surface area contributed by atoms with Crippen LogP contribution in [-0.4, -0.2) is 30.3 Å². The Labute approximate surface area is 197 Å². The molecule has 5 rings (SSSR count). The van der Waals surface area contributed by atoms with Crippen LogP contribution >= 0.6 is 22.9 Å². The van der Waals surface area contributed by atoms with Crippen LogP contribution in [0.15, 0.2) is 39.5 Å². The standard InChI is InChI=1S/C23H18ClN3O5S/c1-10-8-16-13(9-14(10)24)19(28)17-18(12-6-5-7-15(30-3)20(12)31-4)27(22(29)21(17)32-16)23-26-25-11(2)33-23/h5-9,18H,1-4H3. The summed E-state index contributed by atoms with van der Waals surface area (Å²) in [4.78, 5) is 28.8. The molecule has 0 N–H and O–H groups in total. The van der Waals surface area contributed by atoms with Crippen LogP contribution in [0, 0.1) is 13.8 Å². The minimum Gasteiger partial charge on any atom is -0.493 e. The van der Waals surface area contributed by atoms with Crippen LogP contribution in [-0.2, 0) is 0 Å². The number of anilines is 1. The Bertz CT molecular complexity index is 1500. The Morgan fingerprint density at radius 2 is 1.91 bits per heavy atom. The smallest absolute Gasteiger partial charge is 0.297 e. The molecule has 0 fully saturated rings. The zero-order valence-electron chi connectivity index (χ0n) is 18.1. The van der Waals surface area contributed by atoms with E-state index in [1.165, 1.54) is 30.5 Å². The predicted octanol–water partition coefficient (Wildman–Crippen LogP) is 4.68. The van der Waals surface area contributed by atoms with Gasteiger partial charge in [-0.25, -0.2) is 0 Å². The van der Waals surface area contributed by atoms with E-state index >= 15 is 0 Å². The second-order valence-corrected chi connectivity index (χ2v) is 9.10. The molecule has 4 aromatic rings. The number of fused-ring (bicyclic) bond motifs is 2. The van der Waals surface area contributed by atoms with Gasteiger partial charge < -0.3 is 13.9 Å². The fourth-order valence-electron chi connectivity index (χ4n) is 4.10. The molecule has 1 aliphatic rings. The number of rotatable bonds is 4. The van der Waals surface area contributed by atoms with Crippen LogP contribution in [0.25, 0.3) is 11.0 Å². The maximum atomic E-state index is 13.7. The van der Waals surface area contributed by atoms with Gasteiger partial charge in [0.15, 0.2) is 16.9 Å². The van der Waals surface area contributed by atoms with E-state index in [-0.39, 0.29) is 16.8 Å². The van der Waals surface area contributed by atoms with Gasteiger partial charge in [-0.3, -0.25) is 14.5 Å². The van der Waals surface area contributed by atoms with Gasteiger partial charge in [0.2, 0.25) is 10.9 Å². The van der Waals surface area contributed by atoms with E-state index in [9.17, 15) is 9.59 Å². The van der Waals surface area contributed by atoms with Crippen molar-refractivity contribution in [1.29, 1.82) is 0 Å². The molecule has 33 heavy (non-hydrogen) atoms. The van der Waals surface area contributed by atoms with Crippen molar-refractivity contribution in [3.8, 4) is 11.5 Å². The van der Waals surface area contributed by atoms with Crippen molar-refractivity contribution in [3.63, 3.8) is 0 Å². The third-order valence-electron chi connectivity index (χ3n) is 5.60. The van der Waals surface area contributed by atoms with E-state index in [0.29, 0.717) is 43.2 Å². The number of carbonyl (C=O) groups is 1. The van der Waals surface area contributed by atoms with Crippen molar-refractivity contribution in [1.82, 2.24) is 10.2 Å². The molecule has 0 radical (unpaired) electrons. The summed E-state index contributed by atoms with van der Waals surface area (Å²) in [6, 6.07) is 7.66. The first-order valence-electron chi connectivity index (χ1n) is 9.97. The summed E-state index contributed by atoms with van der Waals surface area (Å²) >= 11 is 7.54. The van der Waals surface area contributed by atoms with Crippen LogP contribution in [0.4, 0.5) is 5.13 Å². The number of nitrogens with zero attached hydrogens (tertiary/aromatic N) is 3. The van der Waals surface area contributed by atoms with Crippen LogP contribution in [0.1, 0.15) is 38.3 Å². The maximum Gasteiger partial charge on any atom is 0.297 e. The number of carbonyl (C=O) groups excluding carboxylic acids is 1. The Morgan fingerprint density at radius 1 is 1.12 bits per heavy atom. The molecule has 3 heterocycles. The minimum absolute atomic E-state index is 0.0445. The molecule has 2 aromatic heterocycles. The quantitative estimate of drug-likeness (QED) is 0.416. The second-order valence-electron chi connectivity index (χ2n) is 7.54. The number of hydrogen-bond acceptors (Lipinski definition) is 8. The highest BCUT2D eigenvalue weighted by atomic mass is 35.5. The molecule has 10 heteroatoms. The van der Waals surface area contributed by atoms with Crippen molar-refractivity contribution >= 4 is 44.9 Å². The largest absolute Gasteiger partial charge is 0.493 e. The molecule has 0 saturated carbocycles. The molecule has 168 valence electrons. The first kappa shape index (κ1) is 21.4. The fourth-order valence-corrected chi connectivity index (χ4v) is 4.97. The highest BCUT2D eigenvalue weighted by Gasteiger charge is 2.46. The molecule has 1 atom stereocenters. The Kier molecular flexibility index (Phi) is 5.10. The normalized spacial score (nSPS) is 15.2. The molecule has 0 aliphatic carbocycles. The maximum absolute atomic E-state index is 13.7. The number of para-hydroxylation sites is 1. The Morgan fingerprint density at radius 3 is 2.58 bits per heavy atom. The lowest BCUT2D eigenvalue weighted by molar-refractivity contribution is 0.0970. The molecular weight excluding hydrogens is 466 g/mol. The highest BCUT2D eigenvalue weighted by Crippen LogP contribution is 2.46. The topological polar surface area (TPSA) is 94.8 Å². The zero-order chi connectivity index (χ0) is 23.4. The average molecular weight is 484 g/mol. The van der Waals surface area contributed by atoms with Crippen molar-refractivity contribution in [2.24, 2.45) is 0 Å². The second kappa shape index (κ2) is 7.86. The van der Waals surface area contributed by atoms with E-state index in [2.05, 4.69) is 10.2 Å². The van der Waals surface area contributed by atoms with Gasteiger partial charge in [0.05, 0.1) is 25.2 Å². The lowest BCUT2D eigenvalue weighted by Gasteiger charge is -2.24. The molecule has 0 saturated heterocycles. The number of ether oxygens (including phenoxy) is 2. The summed E-state index contributed by atoms with van der Waals surface area (Å²) in [6.07, 6.45) is 0. The van der Waals surface area contributed by atoms with Gasteiger partial charge in [-0.1, -0.05) is 35.1 Å². The van der Waals surface area contributed by atoms with Gasteiger partial charge in [-0.05, 0) is 37.6 Å². The van der Waals surface area contributed by atoms with Gasteiger partial charge >= 0.3 is 0 Å². The summed E-state index contributed by atoms with van der Waals surface area (Å²) in [7, 11) is 3.03. The molecular formula is C23H18ClN3O5S. The van der Waals surface area contributed by atoms with E-state index in [4.69, 9.17) is 25.5 Å². The fraction of sp³-hybridized carbons (Fsp3) is 0.217. The molecule has 1 unspecified atom stereocenters. The van der Waals surface area contributed by atoms with E-state index in [1.54, 1.807) is 44.2 Å². The van der Waals surface area contributed by atoms with Gasteiger partial charge in [0.25, 0.3) is 5.91 Å². The van der Waals surface area contributed by atoms with Gasteiger partial charge in [0.1, 0.15) is 16.6 Å². The van der Waals surface area contributed by atoms with Crippen molar-refractivity contribution in [2.45, 2.75) is 19.9 Å². The summed E-state index contributed by atoms with van der Waals surface area (Å²) in [6.45, 7) is 3.59. The first-order valence-corrected chi connectivity index (χ1v) is 11.2.